The molecule has 2 rings (SSSR count). The number of nitriles is 1. The number of Topliss-reactive ketones (excluding diaryl/α,β-unsaturated/α-hetero) is 1. The fourth-order valence-corrected chi connectivity index (χ4v) is 1.86. The van der Waals surface area contributed by atoms with Gasteiger partial charge in [0.25, 0.3) is 0 Å². The number of rotatable bonds is 3. The molecule has 0 amide bonds. The number of carbonyl (C=O) groups excluding carboxylic acids is 1. The topological polar surface area (TPSA) is 69.5 Å². The largest absolute Gasteiger partial charge is 0.288 e. The molecule has 0 aliphatic rings. The van der Waals surface area contributed by atoms with Crippen LogP contribution in [0.15, 0.2) is 29.8 Å². The van der Waals surface area contributed by atoms with Gasteiger partial charge in [-0.1, -0.05) is 12.1 Å². The Labute approximate surface area is 115 Å². The molecule has 20 heavy (non-hydrogen) atoms. The fraction of sp³-hybridized carbons (Fsp3) is 0.133. The number of aromatic amines is 1. The minimum atomic E-state index is -0.640. The number of allylic oxidation sites excluding steroid dienone is 1. The van der Waals surface area contributed by atoms with Crippen LogP contribution in [0.1, 0.15) is 27.3 Å². The van der Waals surface area contributed by atoms with Crippen LogP contribution < -0.4 is 0 Å². The third-order valence-electron chi connectivity index (χ3n) is 2.96. The molecule has 0 unspecified atom stereocenters. The summed E-state index contributed by atoms with van der Waals surface area (Å²) in [5.41, 5.74) is 1.86. The molecule has 0 spiro atoms. The highest BCUT2D eigenvalue weighted by Crippen LogP contribution is 2.18. The minimum absolute atomic E-state index is 0.112. The van der Waals surface area contributed by atoms with Gasteiger partial charge in [0.15, 0.2) is 0 Å². The number of benzene rings is 1. The van der Waals surface area contributed by atoms with Crippen molar-refractivity contribution in [3.63, 3.8) is 0 Å². The van der Waals surface area contributed by atoms with E-state index in [0.717, 1.165) is 5.69 Å². The van der Waals surface area contributed by atoms with E-state index in [1.54, 1.807) is 19.9 Å². The van der Waals surface area contributed by atoms with Crippen LogP contribution in [0.4, 0.5) is 4.39 Å². The summed E-state index contributed by atoms with van der Waals surface area (Å²) >= 11 is 0. The first-order chi connectivity index (χ1) is 9.54. The van der Waals surface area contributed by atoms with Crippen LogP contribution in [-0.4, -0.2) is 16.0 Å². The average molecular weight is 269 g/mol. The van der Waals surface area contributed by atoms with Crippen molar-refractivity contribution in [1.82, 2.24) is 10.2 Å². The van der Waals surface area contributed by atoms with E-state index in [9.17, 15) is 9.18 Å². The number of ketones is 1. The van der Waals surface area contributed by atoms with Gasteiger partial charge in [0.2, 0.25) is 5.78 Å². The van der Waals surface area contributed by atoms with Crippen LogP contribution >= 0.6 is 0 Å². The van der Waals surface area contributed by atoms with Crippen LogP contribution in [0, 0.1) is 31.0 Å². The molecule has 0 radical (unpaired) electrons. The Hall–Kier alpha value is -2.74. The highest BCUT2D eigenvalue weighted by molar-refractivity contribution is 6.14. The summed E-state index contributed by atoms with van der Waals surface area (Å²) in [5.74, 6) is -1.27. The van der Waals surface area contributed by atoms with E-state index in [1.807, 2.05) is 6.07 Å². The highest BCUT2D eigenvalue weighted by Gasteiger charge is 2.17. The van der Waals surface area contributed by atoms with Gasteiger partial charge >= 0.3 is 0 Å². The average Bonchev–Trinajstić information content (AvgIpc) is 2.75. The highest BCUT2D eigenvalue weighted by atomic mass is 19.1. The van der Waals surface area contributed by atoms with E-state index in [4.69, 9.17) is 5.26 Å². The number of carbonyl (C=O) groups is 1. The molecule has 0 fully saturated rings. The SMILES string of the molecule is Cc1n[nH]c(C)c1/C=C(\C#N)C(=O)c1ccccc1F. The number of hydrogen-bond acceptors (Lipinski definition) is 3. The molecule has 4 nitrogen and oxygen atoms in total. The third kappa shape index (κ3) is 2.50. The quantitative estimate of drug-likeness (QED) is 0.529. The minimum Gasteiger partial charge on any atom is -0.288 e. The molecule has 100 valence electrons. The molecule has 1 N–H and O–H groups in total. The van der Waals surface area contributed by atoms with Gasteiger partial charge in [-0.15, -0.1) is 0 Å². The normalized spacial score (nSPS) is 11.2. The van der Waals surface area contributed by atoms with Gasteiger partial charge in [-0.2, -0.15) is 10.4 Å². The summed E-state index contributed by atoms with van der Waals surface area (Å²) in [6.45, 7) is 3.55. The molecule has 1 aromatic carbocycles. The van der Waals surface area contributed by atoms with Gasteiger partial charge in [0.05, 0.1) is 11.3 Å². The summed E-state index contributed by atoms with van der Waals surface area (Å²) in [6.07, 6.45) is 1.43. The second-order valence-corrected chi connectivity index (χ2v) is 4.33. The number of aryl methyl sites for hydroxylation is 2. The Balaban J connectivity index is 2.47. The zero-order chi connectivity index (χ0) is 14.7. The zero-order valence-corrected chi connectivity index (χ0v) is 11.1. The van der Waals surface area contributed by atoms with Crippen molar-refractivity contribution >= 4 is 11.9 Å². The van der Waals surface area contributed by atoms with Crippen LogP contribution in [0.5, 0.6) is 0 Å². The van der Waals surface area contributed by atoms with E-state index in [2.05, 4.69) is 10.2 Å². The molecular formula is C15H12FN3O. The van der Waals surface area contributed by atoms with E-state index in [-0.39, 0.29) is 11.1 Å². The van der Waals surface area contributed by atoms with Crippen LogP contribution in [-0.2, 0) is 0 Å². The lowest BCUT2D eigenvalue weighted by atomic mass is 10.0. The summed E-state index contributed by atoms with van der Waals surface area (Å²) in [7, 11) is 0. The van der Waals surface area contributed by atoms with Crippen molar-refractivity contribution in [2.24, 2.45) is 0 Å². The molecule has 5 heteroatoms. The predicted molar refractivity (Wildman–Crippen MR) is 72.4 cm³/mol. The van der Waals surface area contributed by atoms with Crippen LogP contribution in [0.3, 0.4) is 0 Å². The Morgan fingerprint density at radius 3 is 2.65 bits per heavy atom. The third-order valence-corrected chi connectivity index (χ3v) is 2.96. The molecule has 0 aliphatic carbocycles. The first-order valence-electron chi connectivity index (χ1n) is 5.97. The first-order valence-corrected chi connectivity index (χ1v) is 5.97. The molecule has 1 heterocycles. The standard InChI is InChI=1S/C15H12FN3O/c1-9-13(10(2)19-18-9)7-11(8-17)15(20)12-5-3-4-6-14(12)16/h3-7H,1-2H3,(H,18,19)/b11-7+. The molecular weight excluding hydrogens is 257 g/mol. The van der Waals surface area contributed by atoms with Crippen molar-refractivity contribution < 1.29 is 9.18 Å². The first kappa shape index (κ1) is 13.7. The van der Waals surface area contributed by atoms with Gasteiger partial charge < -0.3 is 0 Å². The van der Waals surface area contributed by atoms with Gasteiger partial charge in [0, 0.05) is 11.3 Å². The lowest BCUT2D eigenvalue weighted by Crippen LogP contribution is -2.04. The monoisotopic (exact) mass is 269 g/mol. The van der Waals surface area contributed by atoms with Crippen molar-refractivity contribution in [2.75, 3.05) is 0 Å². The summed E-state index contributed by atoms with van der Waals surface area (Å²) in [5, 5.41) is 15.9. The molecule has 0 atom stereocenters. The van der Waals surface area contributed by atoms with E-state index < -0.39 is 11.6 Å². The van der Waals surface area contributed by atoms with Crippen molar-refractivity contribution in [3.05, 3.63) is 58.2 Å². The Morgan fingerprint density at radius 1 is 1.40 bits per heavy atom. The van der Waals surface area contributed by atoms with Gasteiger partial charge in [-0.3, -0.25) is 9.89 Å². The van der Waals surface area contributed by atoms with Gasteiger partial charge in [-0.05, 0) is 32.1 Å². The number of nitrogens with one attached hydrogen (secondary N) is 1. The molecule has 0 saturated heterocycles. The number of aromatic nitrogens is 2. The maximum Gasteiger partial charge on any atom is 0.206 e. The van der Waals surface area contributed by atoms with Crippen LogP contribution in [0.2, 0.25) is 0 Å². The van der Waals surface area contributed by atoms with Gasteiger partial charge in [0.1, 0.15) is 17.5 Å². The van der Waals surface area contributed by atoms with Crippen LogP contribution in [0.25, 0.3) is 6.08 Å². The molecule has 2 aromatic rings. The number of H-pyrrole nitrogens is 1. The molecule has 1 aromatic heterocycles. The van der Waals surface area contributed by atoms with Crippen molar-refractivity contribution in [1.29, 1.82) is 5.26 Å². The number of halogens is 1. The summed E-state index contributed by atoms with van der Waals surface area (Å²) in [4.78, 5) is 12.2. The second-order valence-electron chi connectivity index (χ2n) is 4.33. The fourth-order valence-electron chi connectivity index (χ4n) is 1.86. The number of nitrogens with zero attached hydrogens (tertiary/aromatic N) is 2. The lowest BCUT2D eigenvalue weighted by Gasteiger charge is -2.01. The number of hydrogen-bond donors (Lipinski definition) is 1. The Morgan fingerprint density at radius 2 is 2.10 bits per heavy atom. The van der Waals surface area contributed by atoms with Crippen molar-refractivity contribution in [2.45, 2.75) is 13.8 Å². The summed E-state index contributed by atoms with van der Waals surface area (Å²) in [6, 6.07) is 7.42. The smallest absolute Gasteiger partial charge is 0.206 e. The van der Waals surface area contributed by atoms with E-state index >= 15 is 0 Å². The maximum absolute atomic E-state index is 13.6. The summed E-state index contributed by atoms with van der Waals surface area (Å²) < 4.78 is 13.6. The Kier molecular flexibility index (Phi) is 3.76. The maximum atomic E-state index is 13.6. The second kappa shape index (κ2) is 5.49. The lowest BCUT2D eigenvalue weighted by molar-refractivity contribution is 0.103. The van der Waals surface area contributed by atoms with Crippen molar-refractivity contribution in [3.8, 4) is 6.07 Å². The molecule has 0 bridgehead atoms. The van der Waals surface area contributed by atoms with E-state index in [1.165, 1.54) is 24.3 Å². The zero-order valence-electron chi connectivity index (χ0n) is 11.1. The van der Waals surface area contributed by atoms with Gasteiger partial charge in [-0.25, -0.2) is 4.39 Å². The predicted octanol–water partition coefficient (Wildman–Crippen LogP) is 2.96. The molecule has 0 saturated carbocycles. The van der Waals surface area contributed by atoms with E-state index in [0.29, 0.717) is 11.3 Å². The molecule has 0 aliphatic heterocycles. The Bertz CT molecular complexity index is 718.